The van der Waals surface area contributed by atoms with Gasteiger partial charge in [0.25, 0.3) is 0 Å². The number of hydrogen-bond donors (Lipinski definition) is 1. The van der Waals surface area contributed by atoms with Crippen molar-refractivity contribution in [3.05, 3.63) is 89.0 Å². The van der Waals surface area contributed by atoms with Crippen LogP contribution in [0.4, 0.5) is 5.69 Å². The first kappa shape index (κ1) is 21.1. The molecule has 0 amide bonds. The number of carboxylic acid groups (broad SMARTS) is 1. The van der Waals surface area contributed by atoms with Crippen molar-refractivity contribution in [3.63, 3.8) is 0 Å². The average Bonchev–Trinajstić information content (AvgIpc) is 2.76. The van der Waals surface area contributed by atoms with Crippen LogP contribution in [0, 0.1) is 0 Å². The number of carboxylic acids is 1. The summed E-state index contributed by atoms with van der Waals surface area (Å²) in [5, 5.41) is 9.03. The molecule has 0 aliphatic rings. The van der Waals surface area contributed by atoms with Crippen LogP contribution in [-0.2, 0) is 6.61 Å². The molecule has 3 aromatic carbocycles. The number of benzene rings is 3. The highest BCUT2D eigenvalue weighted by molar-refractivity contribution is 5.88. The second-order valence-electron chi connectivity index (χ2n) is 7.14. The number of aromatic carboxylic acids is 1. The maximum atomic E-state index is 11.0. The number of para-hydroxylation sites is 2. The number of hydrogen-bond acceptors (Lipinski definition) is 4. The van der Waals surface area contributed by atoms with Gasteiger partial charge in [-0.05, 0) is 47.4 Å². The largest absolute Gasteiger partial charge is 0.493 e. The Labute approximate surface area is 176 Å². The minimum atomic E-state index is -0.952. The SMILES string of the molecule is COc1cccc(C=Nc2ccccc2C(C)C)c1OCc1ccc(C(=O)O)cc1. The molecule has 0 aliphatic heterocycles. The molecule has 1 N–H and O–H groups in total. The highest BCUT2D eigenvalue weighted by Crippen LogP contribution is 2.32. The van der Waals surface area contributed by atoms with Crippen molar-refractivity contribution in [1.82, 2.24) is 0 Å². The molecule has 30 heavy (non-hydrogen) atoms. The molecule has 0 aliphatic carbocycles. The van der Waals surface area contributed by atoms with E-state index in [2.05, 4.69) is 19.9 Å². The summed E-state index contributed by atoms with van der Waals surface area (Å²) >= 11 is 0. The van der Waals surface area contributed by atoms with E-state index in [1.165, 1.54) is 5.56 Å². The lowest BCUT2D eigenvalue weighted by atomic mass is 10.0. The summed E-state index contributed by atoms with van der Waals surface area (Å²) in [4.78, 5) is 15.7. The molecule has 0 fully saturated rings. The summed E-state index contributed by atoms with van der Waals surface area (Å²) in [7, 11) is 1.60. The molecule has 3 aromatic rings. The summed E-state index contributed by atoms with van der Waals surface area (Å²) in [6.07, 6.45) is 1.78. The zero-order valence-electron chi connectivity index (χ0n) is 17.3. The molecular formula is C25H25NO4. The van der Waals surface area contributed by atoms with Gasteiger partial charge in [-0.2, -0.15) is 0 Å². The topological polar surface area (TPSA) is 68.1 Å². The lowest BCUT2D eigenvalue weighted by Crippen LogP contribution is -2.02. The minimum Gasteiger partial charge on any atom is -0.493 e. The van der Waals surface area contributed by atoms with Crippen LogP contribution in [0.1, 0.15) is 46.8 Å². The van der Waals surface area contributed by atoms with Crippen LogP contribution in [0.2, 0.25) is 0 Å². The Balaban J connectivity index is 1.85. The van der Waals surface area contributed by atoms with Crippen LogP contribution >= 0.6 is 0 Å². The third-order valence-electron chi connectivity index (χ3n) is 4.71. The van der Waals surface area contributed by atoms with E-state index in [-0.39, 0.29) is 12.2 Å². The molecule has 0 saturated heterocycles. The second kappa shape index (κ2) is 9.74. The number of methoxy groups -OCH3 is 1. The fraction of sp³-hybridized carbons (Fsp3) is 0.200. The summed E-state index contributed by atoms with van der Waals surface area (Å²) in [6.45, 7) is 4.57. The summed E-state index contributed by atoms with van der Waals surface area (Å²) < 4.78 is 11.5. The van der Waals surface area contributed by atoms with Gasteiger partial charge in [-0.25, -0.2) is 4.79 Å². The molecule has 0 radical (unpaired) electrons. The molecule has 0 bridgehead atoms. The highest BCUT2D eigenvalue weighted by atomic mass is 16.5. The molecule has 5 nitrogen and oxygen atoms in total. The lowest BCUT2D eigenvalue weighted by molar-refractivity contribution is 0.0697. The van der Waals surface area contributed by atoms with Gasteiger partial charge in [0.1, 0.15) is 6.61 Å². The third kappa shape index (κ3) is 5.06. The molecule has 154 valence electrons. The van der Waals surface area contributed by atoms with Crippen molar-refractivity contribution in [2.75, 3.05) is 7.11 Å². The molecule has 0 unspecified atom stereocenters. The number of rotatable bonds is 8. The molecule has 0 atom stereocenters. The van der Waals surface area contributed by atoms with Crippen molar-refractivity contribution in [1.29, 1.82) is 0 Å². The highest BCUT2D eigenvalue weighted by Gasteiger charge is 2.11. The zero-order chi connectivity index (χ0) is 21.5. The fourth-order valence-corrected chi connectivity index (χ4v) is 3.08. The van der Waals surface area contributed by atoms with Crippen molar-refractivity contribution in [2.45, 2.75) is 26.4 Å². The van der Waals surface area contributed by atoms with Gasteiger partial charge in [0, 0.05) is 11.8 Å². The summed E-state index contributed by atoms with van der Waals surface area (Å²) in [5.41, 5.74) is 4.00. The van der Waals surface area contributed by atoms with Gasteiger partial charge in [0.05, 0.1) is 18.4 Å². The van der Waals surface area contributed by atoms with Gasteiger partial charge >= 0.3 is 5.97 Å². The zero-order valence-corrected chi connectivity index (χ0v) is 17.3. The van der Waals surface area contributed by atoms with E-state index >= 15 is 0 Å². The molecular weight excluding hydrogens is 378 g/mol. The van der Waals surface area contributed by atoms with Crippen molar-refractivity contribution >= 4 is 17.9 Å². The summed E-state index contributed by atoms with van der Waals surface area (Å²) in [5.74, 6) is 0.617. The Morgan fingerprint density at radius 2 is 1.77 bits per heavy atom. The molecule has 3 rings (SSSR count). The van der Waals surface area contributed by atoms with Gasteiger partial charge in [-0.1, -0.05) is 50.2 Å². The molecule has 0 saturated carbocycles. The van der Waals surface area contributed by atoms with Crippen LogP contribution in [0.15, 0.2) is 71.7 Å². The van der Waals surface area contributed by atoms with E-state index in [1.54, 1.807) is 37.6 Å². The first-order chi connectivity index (χ1) is 14.5. The van der Waals surface area contributed by atoms with Gasteiger partial charge in [-0.3, -0.25) is 4.99 Å². The van der Waals surface area contributed by atoms with Gasteiger partial charge in [-0.15, -0.1) is 0 Å². The van der Waals surface area contributed by atoms with E-state index in [1.807, 2.05) is 36.4 Å². The van der Waals surface area contributed by atoms with Gasteiger partial charge in [0.15, 0.2) is 11.5 Å². The Bertz CT molecular complexity index is 1040. The minimum absolute atomic E-state index is 0.243. The quantitative estimate of drug-likeness (QED) is 0.479. The van der Waals surface area contributed by atoms with E-state index in [0.717, 1.165) is 16.8 Å². The number of aliphatic imine (C=N–C) groups is 1. The Morgan fingerprint density at radius 3 is 2.43 bits per heavy atom. The van der Waals surface area contributed by atoms with E-state index < -0.39 is 5.97 Å². The number of ether oxygens (including phenoxy) is 2. The Hall–Kier alpha value is -3.60. The average molecular weight is 403 g/mol. The van der Waals surface area contributed by atoms with Crippen molar-refractivity contribution in [3.8, 4) is 11.5 Å². The predicted octanol–water partition coefficient (Wildman–Crippen LogP) is 5.85. The first-order valence-electron chi connectivity index (χ1n) is 9.74. The Kier molecular flexibility index (Phi) is 6.86. The smallest absolute Gasteiger partial charge is 0.335 e. The molecule has 0 aromatic heterocycles. The van der Waals surface area contributed by atoms with Crippen LogP contribution in [0.25, 0.3) is 0 Å². The number of nitrogens with zero attached hydrogens (tertiary/aromatic N) is 1. The van der Waals surface area contributed by atoms with Crippen LogP contribution in [0.5, 0.6) is 11.5 Å². The lowest BCUT2D eigenvalue weighted by Gasteiger charge is -2.14. The van der Waals surface area contributed by atoms with Crippen LogP contribution in [-0.4, -0.2) is 24.4 Å². The normalized spacial score (nSPS) is 11.1. The molecule has 5 heteroatoms. The number of carbonyl (C=O) groups is 1. The first-order valence-corrected chi connectivity index (χ1v) is 9.74. The Morgan fingerprint density at radius 1 is 1.03 bits per heavy atom. The maximum Gasteiger partial charge on any atom is 0.335 e. The van der Waals surface area contributed by atoms with E-state index in [4.69, 9.17) is 19.6 Å². The van der Waals surface area contributed by atoms with Crippen LogP contribution in [0.3, 0.4) is 0 Å². The van der Waals surface area contributed by atoms with Gasteiger partial charge in [0.2, 0.25) is 0 Å². The fourth-order valence-electron chi connectivity index (χ4n) is 3.08. The van der Waals surface area contributed by atoms with Crippen molar-refractivity contribution < 1.29 is 19.4 Å². The predicted molar refractivity (Wildman–Crippen MR) is 119 cm³/mol. The summed E-state index contributed by atoms with van der Waals surface area (Å²) in [6, 6.07) is 20.3. The van der Waals surface area contributed by atoms with Crippen molar-refractivity contribution in [2.24, 2.45) is 4.99 Å². The standard InChI is InChI=1S/C25H25NO4/c1-17(2)21-8-4-5-9-22(21)26-15-20-7-6-10-23(29-3)24(20)30-16-18-11-13-19(14-12-18)25(27)28/h4-15,17H,16H2,1-3H3,(H,27,28). The molecule has 0 heterocycles. The van der Waals surface area contributed by atoms with E-state index in [0.29, 0.717) is 17.4 Å². The molecule has 0 spiro atoms. The third-order valence-corrected chi connectivity index (χ3v) is 4.71. The van der Waals surface area contributed by atoms with Crippen LogP contribution < -0.4 is 9.47 Å². The monoisotopic (exact) mass is 403 g/mol. The second-order valence-corrected chi connectivity index (χ2v) is 7.14. The maximum absolute atomic E-state index is 11.0. The van der Waals surface area contributed by atoms with Gasteiger partial charge < -0.3 is 14.6 Å². The van der Waals surface area contributed by atoms with E-state index in [9.17, 15) is 4.79 Å².